The highest BCUT2D eigenvalue weighted by atomic mass is 16.5. The number of benzene rings is 4. The van der Waals surface area contributed by atoms with E-state index in [-0.39, 0.29) is 5.97 Å². The summed E-state index contributed by atoms with van der Waals surface area (Å²) in [7, 11) is 1.38. The maximum Gasteiger partial charge on any atom is 0.337 e. The Balaban J connectivity index is 1.77. The number of ether oxygens (including phenoxy) is 1. The number of imidazole rings is 1. The van der Waals surface area contributed by atoms with Gasteiger partial charge in [-0.15, -0.1) is 0 Å². The van der Waals surface area contributed by atoms with Gasteiger partial charge in [-0.2, -0.15) is 0 Å². The fourth-order valence-corrected chi connectivity index (χ4v) is 3.64. The van der Waals surface area contributed by atoms with Crippen LogP contribution in [0, 0.1) is 0 Å². The van der Waals surface area contributed by atoms with E-state index in [0.29, 0.717) is 5.56 Å². The van der Waals surface area contributed by atoms with Crippen molar-refractivity contribution >= 4 is 38.5 Å². The number of nitrogens with zero attached hydrogens (tertiary/aromatic N) is 1. The standard InChI is InChI=1S/C23H16N2O2/c1-27-23(26)15-12-10-14(11-13-15)22-24-20-18-8-4-2-6-16(18)17-7-3-5-9-19(17)21(20)25-22/h2-13H,1H3,(H,24,25). The van der Waals surface area contributed by atoms with Crippen LogP contribution in [0.15, 0.2) is 72.8 Å². The summed E-state index contributed by atoms with van der Waals surface area (Å²) in [5.74, 6) is 0.436. The molecule has 0 bridgehead atoms. The SMILES string of the molecule is COC(=O)c1ccc(-c2nc3c4ccccc4c4ccccc4c3[nH]2)cc1. The van der Waals surface area contributed by atoms with Crippen molar-refractivity contribution in [3.63, 3.8) is 0 Å². The van der Waals surface area contributed by atoms with Crippen LogP contribution in [0.4, 0.5) is 0 Å². The van der Waals surface area contributed by atoms with Crippen LogP contribution in [0.1, 0.15) is 10.4 Å². The van der Waals surface area contributed by atoms with Gasteiger partial charge in [-0.05, 0) is 22.9 Å². The second-order valence-electron chi connectivity index (χ2n) is 6.47. The Labute approximate surface area is 155 Å². The lowest BCUT2D eigenvalue weighted by atomic mass is 10.0. The van der Waals surface area contributed by atoms with Crippen LogP contribution < -0.4 is 0 Å². The highest BCUT2D eigenvalue weighted by molar-refractivity contribution is 6.23. The lowest BCUT2D eigenvalue weighted by molar-refractivity contribution is 0.0601. The predicted octanol–water partition coefficient (Wildman–Crippen LogP) is 5.32. The van der Waals surface area contributed by atoms with E-state index in [2.05, 4.69) is 41.4 Å². The molecule has 4 aromatic carbocycles. The third-order valence-electron chi connectivity index (χ3n) is 4.95. The molecule has 0 saturated carbocycles. The van der Waals surface area contributed by atoms with Crippen LogP contribution in [-0.2, 0) is 4.74 Å². The van der Waals surface area contributed by atoms with E-state index in [4.69, 9.17) is 9.72 Å². The molecule has 27 heavy (non-hydrogen) atoms. The van der Waals surface area contributed by atoms with Gasteiger partial charge in [-0.25, -0.2) is 9.78 Å². The Morgan fingerprint density at radius 3 is 2.07 bits per heavy atom. The molecule has 4 heteroatoms. The van der Waals surface area contributed by atoms with Gasteiger partial charge < -0.3 is 9.72 Å². The molecule has 0 saturated heterocycles. The van der Waals surface area contributed by atoms with Crippen molar-refractivity contribution in [3.8, 4) is 11.4 Å². The Morgan fingerprint density at radius 2 is 1.41 bits per heavy atom. The molecule has 5 aromatic rings. The zero-order valence-corrected chi connectivity index (χ0v) is 14.7. The van der Waals surface area contributed by atoms with E-state index in [1.165, 1.54) is 17.9 Å². The smallest absolute Gasteiger partial charge is 0.337 e. The molecule has 0 aliphatic carbocycles. The average molecular weight is 352 g/mol. The number of aromatic amines is 1. The molecule has 0 aliphatic rings. The highest BCUT2D eigenvalue weighted by Crippen LogP contribution is 2.35. The second-order valence-corrected chi connectivity index (χ2v) is 6.47. The summed E-state index contributed by atoms with van der Waals surface area (Å²) in [4.78, 5) is 20.0. The summed E-state index contributed by atoms with van der Waals surface area (Å²) < 4.78 is 4.76. The zero-order valence-electron chi connectivity index (χ0n) is 14.7. The molecule has 0 amide bonds. The van der Waals surface area contributed by atoms with Crippen LogP contribution >= 0.6 is 0 Å². The minimum absolute atomic E-state index is 0.344. The maximum absolute atomic E-state index is 11.6. The summed E-state index contributed by atoms with van der Waals surface area (Å²) in [5.41, 5.74) is 3.42. The van der Waals surface area contributed by atoms with Crippen molar-refractivity contribution in [2.45, 2.75) is 0 Å². The van der Waals surface area contributed by atoms with E-state index in [9.17, 15) is 4.79 Å². The van der Waals surface area contributed by atoms with Crippen molar-refractivity contribution in [3.05, 3.63) is 78.4 Å². The average Bonchev–Trinajstić information content (AvgIpc) is 3.19. The Bertz CT molecular complexity index is 1240. The molecule has 0 atom stereocenters. The lowest BCUT2D eigenvalue weighted by Crippen LogP contribution is -2.00. The molecular formula is C23H16N2O2. The molecule has 4 nitrogen and oxygen atoms in total. The van der Waals surface area contributed by atoms with Crippen molar-refractivity contribution in [1.82, 2.24) is 9.97 Å². The van der Waals surface area contributed by atoms with E-state index in [1.54, 1.807) is 12.1 Å². The first-order valence-corrected chi connectivity index (χ1v) is 8.74. The van der Waals surface area contributed by atoms with Crippen molar-refractivity contribution in [1.29, 1.82) is 0 Å². The van der Waals surface area contributed by atoms with E-state index < -0.39 is 0 Å². The molecule has 0 unspecified atom stereocenters. The fourth-order valence-electron chi connectivity index (χ4n) is 3.64. The molecular weight excluding hydrogens is 336 g/mol. The fraction of sp³-hybridized carbons (Fsp3) is 0.0435. The molecule has 0 spiro atoms. The van der Waals surface area contributed by atoms with Gasteiger partial charge in [0.25, 0.3) is 0 Å². The zero-order chi connectivity index (χ0) is 18.4. The first-order chi connectivity index (χ1) is 13.3. The van der Waals surface area contributed by atoms with Crippen molar-refractivity contribution in [2.75, 3.05) is 7.11 Å². The Kier molecular flexibility index (Phi) is 3.44. The van der Waals surface area contributed by atoms with Gasteiger partial charge in [0.2, 0.25) is 0 Å². The number of hydrogen-bond acceptors (Lipinski definition) is 3. The van der Waals surface area contributed by atoms with Crippen LogP contribution in [0.25, 0.3) is 44.0 Å². The van der Waals surface area contributed by atoms with Crippen LogP contribution in [0.5, 0.6) is 0 Å². The number of H-pyrrole nitrogens is 1. The molecule has 1 aromatic heterocycles. The molecule has 1 N–H and O–H groups in total. The third-order valence-corrected chi connectivity index (χ3v) is 4.95. The van der Waals surface area contributed by atoms with Crippen LogP contribution in [-0.4, -0.2) is 23.0 Å². The minimum atomic E-state index is -0.344. The van der Waals surface area contributed by atoms with Gasteiger partial charge in [-0.3, -0.25) is 0 Å². The number of aromatic nitrogens is 2. The second kappa shape index (κ2) is 5.95. The first kappa shape index (κ1) is 15.6. The lowest BCUT2D eigenvalue weighted by Gasteiger charge is -2.05. The van der Waals surface area contributed by atoms with Gasteiger partial charge in [0.15, 0.2) is 0 Å². The number of rotatable bonds is 2. The van der Waals surface area contributed by atoms with Crippen LogP contribution in [0.2, 0.25) is 0 Å². The highest BCUT2D eigenvalue weighted by Gasteiger charge is 2.14. The topological polar surface area (TPSA) is 55.0 Å². The van der Waals surface area contributed by atoms with Gasteiger partial charge >= 0.3 is 5.97 Å². The number of nitrogens with one attached hydrogen (secondary N) is 1. The number of carbonyl (C=O) groups excluding carboxylic acids is 1. The molecule has 5 rings (SSSR count). The molecule has 1 heterocycles. The van der Waals surface area contributed by atoms with Gasteiger partial charge in [0.05, 0.1) is 23.7 Å². The number of carbonyl (C=O) groups is 1. The van der Waals surface area contributed by atoms with Crippen LogP contribution in [0.3, 0.4) is 0 Å². The van der Waals surface area contributed by atoms with E-state index >= 15 is 0 Å². The number of fused-ring (bicyclic) bond motifs is 6. The summed E-state index contributed by atoms with van der Waals surface area (Å²) in [6.07, 6.45) is 0. The Morgan fingerprint density at radius 1 is 0.815 bits per heavy atom. The predicted molar refractivity (Wildman–Crippen MR) is 108 cm³/mol. The monoisotopic (exact) mass is 352 g/mol. The van der Waals surface area contributed by atoms with E-state index in [0.717, 1.165) is 33.2 Å². The normalized spacial score (nSPS) is 11.3. The molecule has 130 valence electrons. The molecule has 0 aliphatic heterocycles. The van der Waals surface area contributed by atoms with Crippen molar-refractivity contribution < 1.29 is 9.53 Å². The maximum atomic E-state index is 11.6. The molecule has 0 fully saturated rings. The summed E-state index contributed by atoms with van der Waals surface area (Å²) in [5, 5.41) is 4.67. The van der Waals surface area contributed by atoms with Gasteiger partial charge in [0, 0.05) is 16.3 Å². The van der Waals surface area contributed by atoms with Gasteiger partial charge in [-0.1, -0.05) is 60.7 Å². The quantitative estimate of drug-likeness (QED) is 0.345. The Hall–Kier alpha value is -3.66. The molecule has 0 radical (unpaired) electrons. The summed E-state index contributed by atoms with van der Waals surface area (Å²) in [6.45, 7) is 0. The first-order valence-electron chi connectivity index (χ1n) is 8.74. The largest absolute Gasteiger partial charge is 0.465 e. The van der Waals surface area contributed by atoms with Gasteiger partial charge in [0.1, 0.15) is 5.82 Å². The number of hydrogen-bond donors (Lipinski definition) is 1. The number of methoxy groups -OCH3 is 1. The minimum Gasteiger partial charge on any atom is -0.465 e. The summed E-state index contributed by atoms with van der Waals surface area (Å²) >= 11 is 0. The summed E-state index contributed by atoms with van der Waals surface area (Å²) in [6, 6.07) is 24.0. The van der Waals surface area contributed by atoms with Crippen molar-refractivity contribution in [2.24, 2.45) is 0 Å². The number of esters is 1. The third kappa shape index (κ3) is 2.38. The van der Waals surface area contributed by atoms with E-state index in [1.807, 2.05) is 24.3 Å².